The van der Waals surface area contributed by atoms with E-state index in [0.29, 0.717) is 24.2 Å². The fourth-order valence-corrected chi connectivity index (χ4v) is 4.20. The second-order valence-electron chi connectivity index (χ2n) is 8.94. The smallest absolute Gasteiger partial charge is 0.247 e. The van der Waals surface area contributed by atoms with Gasteiger partial charge in [0, 0.05) is 12.1 Å². The number of aromatic amines is 2. The molecule has 5 N–H and O–H groups in total. The molecule has 0 saturated heterocycles. The van der Waals surface area contributed by atoms with Crippen LogP contribution in [0, 0.1) is 5.92 Å². The molecule has 38 heavy (non-hydrogen) atoms. The van der Waals surface area contributed by atoms with Gasteiger partial charge in [-0.3, -0.25) is 24.1 Å². The number of hydrogen-bond acceptors (Lipinski definition) is 9. The van der Waals surface area contributed by atoms with Crippen molar-refractivity contribution in [2.24, 2.45) is 5.92 Å². The lowest BCUT2D eigenvalue weighted by molar-refractivity contribution is -0.131. The number of fused-ring (bicyclic) bond motifs is 1. The van der Waals surface area contributed by atoms with E-state index >= 15 is 0 Å². The molecule has 1 aliphatic heterocycles. The van der Waals surface area contributed by atoms with Gasteiger partial charge in [-0.2, -0.15) is 20.6 Å². The quantitative estimate of drug-likeness (QED) is 0.204. The van der Waals surface area contributed by atoms with Crippen LogP contribution in [-0.2, 0) is 38.6 Å². The fourth-order valence-electron chi connectivity index (χ4n) is 4.20. The number of carbonyl (C=O) groups excluding carboxylic acids is 4. The normalized spacial score (nSPS) is 15.8. The van der Waals surface area contributed by atoms with Crippen molar-refractivity contribution in [1.29, 1.82) is 0 Å². The van der Waals surface area contributed by atoms with Crippen molar-refractivity contribution in [3.63, 3.8) is 0 Å². The first-order valence-corrected chi connectivity index (χ1v) is 12.2. The summed E-state index contributed by atoms with van der Waals surface area (Å²) < 4.78 is 0. The number of nitrogens with zero attached hydrogens (tertiary/aromatic N) is 6. The van der Waals surface area contributed by atoms with Gasteiger partial charge in [-0.25, -0.2) is 0 Å². The van der Waals surface area contributed by atoms with Crippen LogP contribution in [0.25, 0.3) is 0 Å². The summed E-state index contributed by atoms with van der Waals surface area (Å²) >= 11 is 0. The summed E-state index contributed by atoms with van der Waals surface area (Å²) in [6.07, 6.45) is 2.30. The minimum absolute atomic E-state index is 0.147. The molecule has 2 aromatic heterocycles. The number of carbonyl (C=O) groups is 4. The van der Waals surface area contributed by atoms with Gasteiger partial charge < -0.3 is 16.0 Å². The molecule has 0 saturated carbocycles. The number of hydrogen-bond donors (Lipinski definition) is 5. The predicted molar refractivity (Wildman–Crippen MR) is 132 cm³/mol. The van der Waals surface area contributed by atoms with Crippen molar-refractivity contribution >= 4 is 29.3 Å². The highest BCUT2D eigenvalue weighted by Gasteiger charge is 2.38. The largest absolute Gasteiger partial charge is 0.348 e. The van der Waals surface area contributed by atoms with Crippen LogP contribution in [0.15, 0.2) is 30.5 Å². The maximum absolute atomic E-state index is 13.3. The second kappa shape index (κ2) is 12.0. The molecule has 4 rings (SSSR count). The number of rotatable bonds is 11. The zero-order valence-corrected chi connectivity index (χ0v) is 21.0. The van der Waals surface area contributed by atoms with Gasteiger partial charge in [0.1, 0.15) is 17.8 Å². The molecule has 0 spiro atoms. The van der Waals surface area contributed by atoms with Crippen LogP contribution in [0.4, 0.5) is 5.69 Å². The summed E-state index contributed by atoms with van der Waals surface area (Å²) in [5.74, 6) is -1.77. The monoisotopic (exact) mass is 523 g/mol. The van der Waals surface area contributed by atoms with E-state index in [-0.39, 0.29) is 37.2 Å². The van der Waals surface area contributed by atoms with Crippen LogP contribution in [-0.4, -0.2) is 78.3 Å². The summed E-state index contributed by atoms with van der Waals surface area (Å²) in [4.78, 5) is 53.3. The number of nitrogens with one attached hydrogen (secondary N) is 5. The van der Waals surface area contributed by atoms with Crippen LogP contribution in [0.1, 0.15) is 37.4 Å². The van der Waals surface area contributed by atoms with Gasteiger partial charge >= 0.3 is 0 Å². The van der Waals surface area contributed by atoms with Gasteiger partial charge in [0.05, 0.1) is 25.7 Å². The molecule has 1 aromatic carbocycles. The zero-order chi connectivity index (χ0) is 27.1. The highest BCUT2D eigenvalue weighted by atomic mass is 16.2. The molecule has 2 unspecified atom stereocenters. The van der Waals surface area contributed by atoms with E-state index < -0.39 is 29.8 Å². The van der Waals surface area contributed by atoms with Crippen LogP contribution < -0.4 is 20.9 Å². The third-order valence-corrected chi connectivity index (χ3v) is 6.39. The fraction of sp³-hybridized carbons (Fsp3) is 0.435. The number of amides is 4. The molecule has 3 aromatic rings. The van der Waals surface area contributed by atoms with Gasteiger partial charge in [0.2, 0.25) is 23.6 Å². The standard InChI is InChI=1S/C23H29N11O4/c1-3-13(2)21(27-19(35)9-18-29-32-33-30-18)23(38)25-12-20(36)34-16-7-5-4-6-14(16)8-17(34)22(37)24-10-15-11-26-31-28-15/h4-7,11,13,17,21H,3,8-10,12H2,1-2H3,(H,24,37)(H,25,38)(H,27,35)(H,26,28,31)(H,29,30,32,33)/t13?,17-,21?/m0/s1. The van der Waals surface area contributed by atoms with E-state index in [1.807, 2.05) is 26.0 Å². The topological polar surface area (TPSA) is 204 Å². The van der Waals surface area contributed by atoms with Crippen molar-refractivity contribution in [3.05, 3.63) is 47.5 Å². The lowest BCUT2D eigenvalue weighted by Gasteiger charge is -2.26. The van der Waals surface area contributed by atoms with Crippen molar-refractivity contribution in [3.8, 4) is 0 Å². The van der Waals surface area contributed by atoms with Crippen LogP contribution in [0.3, 0.4) is 0 Å². The number of tetrazole rings is 1. The van der Waals surface area contributed by atoms with E-state index in [1.165, 1.54) is 11.1 Å². The van der Waals surface area contributed by atoms with Crippen molar-refractivity contribution < 1.29 is 19.2 Å². The molecule has 0 aliphatic carbocycles. The summed E-state index contributed by atoms with van der Waals surface area (Å²) in [6.45, 7) is 3.52. The molecule has 3 atom stereocenters. The first-order chi connectivity index (χ1) is 18.4. The molecule has 15 nitrogen and oxygen atoms in total. The SMILES string of the molecule is CCC(C)C(NC(=O)Cc1nn[nH]n1)C(=O)NCC(=O)N1c2ccccc2C[C@H]1C(=O)NCc1cn[nH]n1. The lowest BCUT2D eigenvalue weighted by Crippen LogP contribution is -2.54. The Morgan fingerprint density at radius 3 is 2.66 bits per heavy atom. The summed E-state index contributed by atoms with van der Waals surface area (Å²) in [5.41, 5.74) is 2.01. The Hall–Kier alpha value is -4.69. The van der Waals surface area contributed by atoms with E-state index in [1.54, 1.807) is 12.1 Å². The first kappa shape index (κ1) is 26.4. The van der Waals surface area contributed by atoms with Gasteiger partial charge in [-0.1, -0.05) is 43.7 Å². The Morgan fingerprint density at radius 2 is 1.95 bits per heavy atom. The molecule has 4 amide bonds. The Balaban J connectivity index is 1.41. The van der Waals surface area contributed by atoms with Crippen LogP contribution in [0.5, 0.6) is 0 Å². The number of para-hydroxylation sites is 1. The molecule has 200 valence electrons. The lowest BCUT2D eigenvalue weighted by atomic mass is 9.98. The zero-order valence-electron chi connectivity index (χ0n) is 21.0. The van der Waals surface area contributed by atoms with Crippen LogP contribution in [0.2, 0.25) is 0 Å². The molecular formula is C23H29N11O4. The highest BCUT2D eigenvalue weighted by molar-refractivity contribution is 6.05. The van der Waals surface area contributed by atoms with Gasteiger partial charge in [0.15, 0.2) is 5.82 Å². The Bertz CT molecular complexity index is 1260. The summed E-state index contributed by atoms with van der Waals surface area (Å²) in [7, 11) is 0. The van der Waals surface area contributed by atoms with Gasteiger partial charge in [0.25, 0.3) is 0 Å². The van der Waals surface area contributed by atoms with Crippen molar-refractivity contribution in [2.75, 3.05) is 11.4 Å². The number of anilines is 1. The third-order valence-electron chi connectivity index (χ3n) is 6.39. The minimum Gasteiger partial charge on any atom is -0.348 e. The van der Waals surface area contributed by atoms with E-state index in [2.05, 4.69) is 52.0 Å². The molecule has 0 bridgehead atoms. The van der Waals surface area contributed by atoms with Gasteiger partial charge in [-0.15, -0.1) is 10.2 Å². The first-order valence-electron chi connectivity index (χ1n) is 12.2. The number of benzene rings is 1. The van der Waals surface area contributed by atoms with Crippen LogP contribution >= 0.6 is 0 Å². The molecule has 0 fully saturated rings. The third kappa shape index (κ3) is 6.16. The number of aromatic nitrogens is 7. The maximum atomic E-state index is 13.3. The number of H-pyrrole nitrogens is 2. The van der Waals surface area contributed by atoms with E-state index in [0.717, 1.165) is 5.56 Å². The predicted octanol–water partition coefficient (Wildman–Crippen LogP) is -1.22. The van der Waals surface area contributed by atoms with Crippen molar-refractivity contribution in [1.82, 2.24) is 52.0 Å². The second-order valence-corrected chi connectivity index (χ2v) is 8.94. The Kier molecular flexibility index (Phi) is 8.35. The Labute approximate surface area is 217 Å². The van der Waals surface area contributed by atoms with Crippen molar-refractivity contribution in [2.45, 2.75) is 51.7 Å². The summed E-state index contributed by atoms with van der Waals surface area (Å²) in [5, 5.41) is 31.4. The minimum atomic E-state index is -0.875. The maximum Gasteiger partial charge on any atom is 0.247 e. The molecular weight excluding hydrogens is 494 g/mol. The molecule has 15 heteroatoms. The highest BCUT2D eigenvalue weighted by Crippen LogP contribution is 2.32. The van der Waals surface area contributed by atoms with Gasteiger partial charge in [-0.05, 0) is 17.5 Å². The molecule has 1 aliphatic rings. The van der Waals surface area contributed by atoms with E-state index in [9.17, 15) is 19.2 Å². The Morgan fingerprint density at radius 1 is 1.13 bits per heavy atom. The molecule has 3 heterocycles. The average molecular weight is 524 g/mol. The van der Waals surface area contributed by atoms with E-state index in [4.69, 9.17) is 0 Å². The summed E-state index contributed by atoms with van der Waals surface area (Å²) in [6, 6.07) is 5.58. The average Bonchev–Trinajstić information content (AvgIpc) is 3.69. The molecule has 0 radical (unpaired) electrons.